The van der Waals surface area contributed by atoms with Gasteiger partial charge in [0, 0.05) is 35.4 Å². The smallest absolute Gasteiger partial charge is 0.0357 e. The van der Waals surface area contributed by atoms with Gasteiger partial charge in [0.2, 0.25) is 0 Å². The zero-order valence-corrected chi connectivity index (χ0v) is 11.7. The average molecular weight is 245 g/mol. The van der Waals surface area contributed by atoms with Gasteiger partial charge in [-0.3, -0.25) is 4.21 Å². The third-order valence-corrected chi connectivity index (χ3v) is 4.39. The molecule has 0 amide bonds. The van der Waals surface area contributed by atoms with Gasteiger partial charge in [-0.05, 0) is 25.7 Å². The second kappa shape index (κ2) is 8.24. The van der Waals surface area contributed by atoms with Crippen molar-refractivity contribution in [3.8, 4) is 0 Å². The summed E-state index contributed by atoms with van der Waals surface area (Å²) in [5, 5.41) is 3.46. The summed E-state index contributed by atoms with van der Waals surface area (Å²) in [6, 6.07) is 0.588. The lowest BCUT2D eigenvalue weighted by Gasteiger charge is -2.23. The normalized spacial score (nSPS) is 21.9. The van der Waals surface area contributed by atoms with E-state index in [1.165, 1.54) is 44.9 Å². The minimum absolute atomic E-state index is 0.588. The molecule has 0 radical (unpaired) electrons. The quantitative estimate of drug-likeness (QED) is 0.747. The lowest BCUT2D eigenvalue weighted by atomic mass is 9.85. The summed E-state index contributed by atoms with van der Waals surface area (Å²) < 4.78 is 10.9. The van der Waals surface area contributed by atoms with E-state index in [0.29, 0.717) is 6.04 Å². The second-order valence-electron chi connectivity index (χ2n) is 5.21. The Morgan fingerprint density at radius 1 is 1.31 bits per heavy atom. The molecule has 2 atom stereocenters. The van der Waals surface area contributed by atoms with Crippen molar-refractivity contribution in [2.45, 2.75) is 57.9 Å². The number of rotatable bonds is 7. The van der Waals surface area contributed by atoms with Crippen molar-refractivity contribution in [1.82, 2.24) is 5.32 Å². The third-order valence-electron chi connectivity index (χ3n) is 3.61. The topological polar surface area (TPSA) is 29.1 Å². The Balaban J connectivity index is 2.00. The molecule has 0 aromatic heterocycles. The molecule has 0 heterocycles. The maximum atomic E-state index is 10.9. The van der Waals surface area contributed by atoms with Crippen LogP contribution in [0.5, 0.6) is 0 Å². The van der Waals surface area contributed by atoms with Gasteiger partial charge in [0.1, 0.15) is 0 Å². The highest BCUT2D eigenvalue weighted by atomic mass is 32.2. The Kier molecular flexibility index (Phi) is 7.30. The zero-order chi connectivity index (χ0) is 11.8. The van der Waals surface area contributed by atoms with Crippen LogP contribution in [0.15, 0.2) is 0 Å². The molecule has 0 aliphatic heterocycles. The second-order valence-corrected chi connectivity index (χ2v) is 6.77. The van der Waals surface area contributed by atoms with Crippen LogP contribution in [0.4, 0.5) is 0 Å². The van der Waals surface area contributed by atoms with Crippen LogP contribution in [0, 0.1) is 5.92 Å². The molecule has 2 unspecified atom stereocenters. The number of nitrogens with one attached hydrogen (secondary N) is 1. The first kappa shape index (κ1) is 14.2. The molecular weight excluding hydrogens is 218 g/mol. The fourth-order valence-corrected chi connectivity index (χ4v) is 2.92. The van der Waals surface area contributed by atoms with E-state index in [0.717, 1.165) is 18.2 Å². The lowest BCUT2D eigenvalue weighted by molar-refractivity contribution is 0.318. The molecule has 1 saturated carbocycles. The standard InChI is InChI=1S/C13H27NOS/c1-12(14-10-11-16(2)15)8-9-13-6-4-3-5-7-13/h12-14H,3-11H2,1-2H3. The van der Waals surface area contributed by atoms with Gasteiger partial charge in [0.15, 0.2) is 0 Å². The molecule has 0 aromatic carbocycles. The van der Waals surface area contributed by atoms with Gasteiger partial charge >= 0.3 is 0 Å². The Morgan fingerprint density at radius 2 is 2.00 bits per heavy atom. The van der Waals surface area contributed by atoms with Crippen molar-refractivity contribution in [1.29, 1.82) is 0 Å². The predicted octanol–water partition coefficient (Wildman–Crippen LogP) is 2.70. The fraction of sp³-hybridized carbons (Fsp3) is 1.00. The van der Waals surface area contributed by atoms with E-state index < -0.39 is 10.8 Å². The van der Waals surface area contributed by atoms with Crippen molar-refractivity contribution in [3.05, 3.63) is 0 Å². The summed E-state index contributed by atoms with van der Waals surface area (Å²) >= 11 is 0. The summed E-state index contributed by atoms with van der Waals surface area (Å²) in [4.78, 5) is 0. The van der Waals surface area contributed by atoms with E-state index >= 15 is 0 Å². The van der Waals surface area contributed by atoms with E-state index in [1.807, 2.05) is 0 Å². The Labute approximate surface area is 103 Å². The van der Waals surface area contributed by atoms with Crippen LogP contribution in [0.3, 0.4) is 0 Å². The largest absolute Gasteiger partial charge is 0.313 e. The zero-order valence-electron chi connectivity index (χ0n) is 10.8. The molecule has 0 saturated heterocycles. The average Bonchev–Trinajstić information content (AvgIpc) is 2.27. The summed E-state index contributed by atoms with van der Waals surface area (Å²) in [6.45, 7) is 3.15. The highest BCUT2D eigenvalue weighted by molar-refractivity contribution is 7.84. The SMILES string of the molecule is CC(CCC1CCCCC1)NCCS(C)=O. The molecule has 96 valence electrons. The van der Waals surface area contributed by atoms with E-state index in [4.69, 9.17) is 0 Å². The van der Waals surface area contributed by atoms with Gasteiger partial charge in [0.25, 0.3) is 0 Å². The molecule has 1 aliphatic rings. The van der Waals surface area contributed by atoms with Crippen molar-refractivity contribution in [2.24, 2.45) is 5.92 Å². The maximum Gasteiger partial charge on any atom is 0.0357 e. The van der Waals surface area contributed by atoms with Crippen molar-refractivity contribution in [3.63, 3.8) is 0 Å². The minimum atomic E-state index is -0.653. The van der Waals surface area contributed by atoms with Crippen LogP contribution >= 0.6 is 0 Å². The fourth-order valence-electron chi connectivity index (χ4n) is 2.51. The molecule has 1 aliphatic carbocycles. The Hall–Kier alpha value is 0.110. The highest BCUT2D eigenvalue weighted by Gasteiger charge is 2.14. The molecule has 0 spiro atoms. The molecule has 16 heavy (non-hydrogen) atoms. The van der Waals surface area contributed by atoms with Crippen molar-refractivity contribution >= 4 is 10.8 Å². The monoisotopic (exact) mass is 245 g/mol. The Morgan fingerprint density at radius 3 is 2.62 bits per heavy atom. The van der Waals surface area contributed by atoms with Gasteiger partial charge in [-0.25, -0.2) is 0 Å². The van der Waals surface area contributed by atoms with E-state index in [2.05, 4.69) is 12.2 Å². The minimum Gasteiger partial charge on any atom is -0.313 e. The predicted molar refractivity (Wildman–Crippen MR) is 72.2 cm³/mol. The van der Waals surface area contributed by atoms with Gasteiger partial charge in [-0.1, -0.05) is 32.1 Å². The molecule has 1 rings (SSSR count). The van der Waals surface area contributed by atoms with Crippen LogP contribution in [-0.2, 0) is 10.8 Å². The van der Waals surface area contributed by atoms with E-state index in [9.17, 15) is 4.21 Å². The first-order chi connectivity index (χ1) is 7.68. The Bertz CT molecular complexity index is 202. The summed E-state index contributed by atoms with van der Waals surface area (Å²) in [6.07, 6.45) is 11.7. The lowest BCUT2D eigenvalue weighted by Crippen LogP contribution is -2.30. The molecule has 1 N–H and O–H groups in total. The third kappa shape index (κ3) is 6.64. The molecule has 0 aromatic rings. The van der Waals surface area contributed by atoms with Gasteiger partial charge in [0.05, 0.1) is 0 Å². The summed E-state index contributed by atoms with van der Waals surface area (Å²) in [5.41, 5.74) is 0. The van der Waals surface area contributed by atoms with Gasteiger partial charge < -0.3 is 5.32 Å². The number of hydrogen-bond donors (Lipinski definition) is 1. The van der Waals surface area contributed by atoms with Gasteiger partial charge in [-0.2, -0.15) is 0 Å². The van der Waals surface area contributed by atoms with Crippen LogP contribution in [0.25, 0.3) is 0 Å². The van der Waals surface area contributed by atoms with Crippen LogP contribution in [0.2, 0.25) is 0 Å². The van der Waals surface area contributed by atoms with Crippen LogP contribution < -0.4 is 5.32 Å². The molecular formula is C13H27NOS. The van der Waals surface area contributed by atoms with E-state index in [1.54, 1.807) is 6.26 Å². The molecule has 0 bridgehead atoms. The first-order valence-corrected chi connectivity index (χ1v) is 8.44. The van der Waals surface area contributed by atoms with E-state index in [-0.39, 0.29) is 0 Å². The molecule has 1 fully saturated rings. The van der Waals surface area contributed by atoms with Crippen molar-refractivity contribution < 1.29 is 4.21 Å². The van der Waals surface area contributed by atoms with Gasteiger partial charge in [-0.15, -0.1) is 0 Å². The highest BCUT2D eigenvalue weighted by Crippen LogP contribution is 2.27. The molecule has 3 heteroatoms. The maximum absolute atomic E-state index is 10.9. The van der Waals surface area contributed by atoms with Crippen molar-refractivity contribution in [2.75, 3.05) is 18.6 Å². The first-order valence-electron chi connectivity index (χ1n) is 6.72. The molecule has 2 nitrogen and oxygen atoms in total. The number of hydrogen-bond acceptors (Lipinski definition) is 2. The summed E-state index contributed by atoms with van der Waals surface area (Å²) in [7, 11) is -0.653. The van der Waals surface area contributed by atoms with Crippen LogP contribution in [0.1, 0.15) is 51.9 Å². The summed E-state index contributed by atoms with van der Waals surface area (Å²) in [5.74, 6) is 1.77. The van der Waals surface area contributed by atoms with Crippen LogP contribution in [-0.4, -0.2) is 28.8 Å².